The van der Waals surface area contributed by atoms with Gasteiger partial charge < -0.3 is 14.2 Å². The van der Waals surface area contributed by atoms with Crippen molar-refractivity contribution in [3.8, 4) is 11.4 Å². The van der Waals surface area contributed by atoms with Gasteiger partial charge in [-0.25, -0.2) is 0 Å². The largest absolute Gasteiger partial charge is 0.462 e. The Hall–Kier alpha value is -4.18. The van der Waals surface area contributed by atoms with E-state index in [0.717, 1.165) is 42.8 Å². The predicted molar refractivity (Wildman–Crippen MR) is 257 cm³/mol. The summed E-state index contributed by atoms with van der Waals surface area (Å²) < 4.78 is 32.7. The topological polar surface area (TPSA) is 123 Å². The minimum Gasteiger partial charge on any atom is -0.462 e. The van der Waals surface area contributed by atoms with Crippen molar-refractivity contribution in [2.45, 2.75) is 120 Å². The predicted octanol–water partition coefficient (Wildman–Crippen LogP) is 10.7. The molecule has 3 heterocycles. The first kappa shape index (κ1) is 44.4. The summed E-state index contributed by atoms with van der Waals surface area (Å²) in [5, 5.41) is 23.0. The van der Waals surface area contributed by atoms with Gasteiger partial charge in [0.1, 0.15) is 6.33 Å². The summed E-state index contributed by atoms with van der Waals surface area (Å²) in [4.78, 5) is 24.1. The van der Waals surface area contributed by atoms with E-state index in [2.05, 4.69) is 109 Å². The molecule has 4 aromatic carbocycles. The summed E-state index contributed by atoms with van der Waals surface area (Å²) in [6, 6.07) is 25.6. The second-order valence-corrected chi connectivity index (χ2v) is 18.0. The molecule has 62 heavy (non-hydrogen) atoms. The number of carbonyl (C=O) groups is 2. The van der Waals surface area contributed by atoms with E-state index >= 15 is 0 Å². The molecule has 1 saturated heterocycles. The minimum atomic E-state index is -0.667. The number of aromatic nitrogens is 6. The highest BCUT2D eigenvalue weighted by atomic mass is 79.9. The molecule has 0 N–H and O–H groups in total. The third-order valence-corrected chi connectivity index (χ3v) is 13.1. The Morgan fingerprint density at radius 2 is 1.24 bits per heavy atom. The molecule has 0 amide bonds. The summed E-state index contributed by atoms with van der Waals surface area (Å²) in [6.07, 6.45) is 10.8. The smallest absolute Gasteiger partial charge is 0.316 e. The third kappa shape index (κ3) is 12.5. The summed E-state index contributed by atoms with van der Waals surface area (Å²) in [6.45, 7) is 11.3. The van der Waals surface area contributed by atoms with Crippen LogP contribution in [0.25, 0.3) is 32.9 Å². The lowest BCUT2D eigenvalue weighted by Gasteiger charge is -2.14. The molecule has 328 valence electrons. The number of esters is 2. The second kappa shape index (κ2) is 23.5. The first-order chi connectivity index (χ1) is 31.0. The number of hydrogen-bond donors (Lipinski definition) is 0. The molecule has 6 aromatic rings. The van der Waals surface area contributed by atoms with Gasteiger partial charge in [0.15, 0.2) is 10.3 Å². The molecule has 0 spiro atoms. The number of halogens is 1. The van der Waals surface area contributed by atoms with E-state index in [0.29, 0.717) is 26.9 Å². The van der Waals surface area contributed by atoms with Gasteiger partial charge >= 0.3 is 11.9 Å². The minimum absolute atomic E-state index is 0.0603. The zero-order chi connectivity index (χ0) is 45.6. The Morgan fingerprint density at radius 1 is 0.758 bits per heavy atom. The number of ether oxygens (including phenoxy) is 3. The number of benzene rings is 4. The van der Waals surface area contributed by atoms with Crippen molar-refractivity contribution in [3.05, 3.63) is 95.0 Å². The van der Waals surface area contributed by atoms with Crippen molar-refractivity contribution < 1.29 is 23.8 Å². The zero-order valence-electron chi connectivity index (χ0n) is 38.3. The molecule has 11 nitrogen and oxygen atoms in total. The lowest BCUT2D eigenvalue weighted by Crippen LogP contribution is -2.15. The van der Waals surface area contributed by atoms with Crippen LogP contribution in [-0.2, 0) is 23.8 Å². The number of rotatable bonds is 14. The van der Waals surface area contributed by atoms with E-state index in [1.165, 1.54) is 96.2 Å². The zero-order valence-corrected chi connectivity index (χ0v) is 39.5. The lowest BCUT2D eigenvalue weighted by molar-refractivity contribution is -0.146. The molecule has 2 saturated carbocycles. The van der Waals surface area contributed by atoms with Crippen molar-refractivity contribution in [1.82, 2.24) is 29.5 Å². The van der Waals surface area contributed by atoms with Crippen LogP contribution in [0.2, 0.25) is 6.82 Å². The van der Waals surface area contributed by atoms with E-state index in [9.17, 15) is 9.59 Å². The van der Waals surface area contributed by atoms with E-state index in [-0.39, 0.29) is 35.7 Å². The quantitative estimate of drug-likeness (QED) is 0.0589. The van der Waals surface area contributed by atoms with Crippen LogP contribution in [0.4, 0.5) is 0 Å². The van der Waals surface area contributed by atoms with Crippen LogP contribution in [0, 0.1) is 0 Å². The fraction of sp³-hybridized carbons (Fsp3) is 0.447. The van der Waals surface area contributed by atoms with Crippen LogP contribution < -0.4 is 0 Å². The van der Waals surface area contributed by atoms with Crippen LogP contribution in [0.5, 0.6) is 0 Å². The van der Waals surface area contributed by atoms with Gasteiger partial charge in [-0.2, -0.15) is 0 Å². The second-order valence-electron chi connectivity index (χ2n) is 15.4. The Balaban J connectivity index is 0.000000178. The fourth-order valence-corrected chi connectivity index (χ4v) is 8.98. The number of carbonyl (C=O) groups excluding carboxylic acids is 2. The Bertz CT molecular complexity index is 2450. The maximum absolute atomic E-state index is 12.1. The van der Waals surface area contributed by atoms with Crippen LogP contribution in [0.1, 0.15) is 102 Å². The fourth-order valence-electron chi connectivity index (χ4n) is 7.00. The Labute approximate surface area is 386 Å². The van der Waals surface area contributed by atoms with Crippen LogP contribution in [-0.4, -0.2) is 88.8 Å². The molecule has 0 bridgehead atoms. The number of fused-ring (bicyclic) bond motifs is 2. The molecular weight excluding hydrogens is 883 g/mol. The van der Waals surface area contributed by atoms with E-state index < -0.39 is 7.77 Å². The normalized spacial score (nSPS) is 15.7. The van der Waals surface area contributed by atoms with Crippen molar-refractivity contribution in [2.75, 3.05) is 24.7 Å². The van der Waals surface area contributed by atoms with E-state index in [1.807, 2.05) is 36.8 Å². The van der Waals surface area contributed by atoms with Gasteiger partial charge in [-0.05, 0) is 130 Å². The maximum Gasteiger partial charge on any atom is 0.316 e. The number of thioether (sulfide) groups is 2. The molecule has 2 aromatic heterocycles. The molecule has 3 fully saturated rings. The molecule has 9 rings (SSSR count). The Kier molecular flexibility index (Phi) is 16.8. The van der Waals surface area contributed by atoms with Crippen molar-refractivity contribution in [1.29, 1.82) is 2.67 Å². The monoisotopic (exact) mass is 942 g/mol. The lowest BCUT2D eigenvalue weighted by atomic mass is 9.99. The maximum atomic E-state index is 12.1. The van der Waals surface area contributed by atoms with Crippen molar-refractivity contribution >= 4 is 80.7 Å². The SMILES string of the molecule is C1CCOC1.CCC(C)OC(=O)CSc1nnc(Br)n1-c1ccc(C2CC2)c2ccccc12.CCC(C)OC(=O)CSc1nncn1-c1ccc(C2CC2)c2ccccc12.[2H]B([2H])C. The van der Waals surface area contributed by atoms with Gasteiger partial charge in [0.05, 0.1) is 42.9 Å². The van der Waals surface area contributed by atoms with Crippen LogP contribution >= 0.6 is 39.5 Å². The average Bonchev–Trinajstić information content (AvgIpc) is 4.16. The van der Waals surface area contributed by atoms with Gasteiger partial charge in [-0.15, -0.1) is 20.4 Å². The van der Waals surface area contributed by atoms with Gasteiger partial charge in [0.25, 0.3) is 0 Å². The van der Waals surface area contributed by atoms with Gasteiger partial charge in [-0.3, -0.25) is 18.7 Å². The molecular formula is C47H58BBrN6O5S2. The molecule has 2 aliphatic carbocycles. The molecule has 1 aliphatic heterocycles. The van der Waals surface area contributed by atoms with Crippen LogP contribution in [0.15, 0.2) is 94.2 Å². The first-order valence-electron chi connectivity index (χ1n) is 22.8. The number of nitrogens with zero attached hydrogens (tertiary/aromatic N) is 6. The summed E-state index contributed by atoms with van der Waals surface area (Å²) in [5.74, 6) is 1.33. The van der Waals surface area contributed by atoms with Crippen LogP contribution in [0.3, 0.4) is 0 Å². The van der Waals surface area contributed by atoms with Gasteiger partial charge in [-0.1, -0.05) is 105 Å². The third-order valence-electron chi connectivity index (χ3n) is 10.8. The molecule has 15 heteroatoms. The average molecular weight is 944 g/mol. The Morgan fingerprint density at radius 3 is 1.73 bits per heavy atom. The summed E-state index contributed by atoms with van der Waals surface area (Å²) in [5.41, 5.74) is 4.89. The van der Waals surface area contributed by atoms with Crippen molar-refractivity contribution in [3.63, 3.8) is 0 Å². The van der Waals surface area contributed by atoms with Crippen molar-refractivity contribution in [2.24, 2.45) is 0 Å². The summed E-state index contributed by atoms with van der Waals surface area (Å²) >= 11 is 6.21. The molecule has 0 radical (unpaired) electrons. The highest BCUT2D eigenvalue weighted by Crippen LogP contribution is 2.45. The summed E-state index contributed by atoms with van der Waals surface area (Å²) in [7, 11) is -0.667. The standard InChI is InChI=1S/C21H22BrN3O2S.C21H23N3O2S.C4H8O.CH5B/c1-3-13(2)27-19(26)12-28-21-24-23-20(22)25(21)18-11-10-15(14-8-9-14)16-6-4-5-7-17(16)18;1-3-14(2)26-20(25)12-27-21-23-22-13-24(21)19-11-10-16(15-8-9-15)17-6-4-5-7-18(17)19;1-2-4-5-3-1;1-2/h4-7,10-11,13-14H,3,8-9,12H2,1-2H3;4-7,10-11,13-15H,3,8-9,12H2,1-2H3;1-4H2;2H2,1H3/i;;;2D2. The van der Waals surface area contributed by atoms with Gasteiger partial charge in [0, 0.05) is 24.0 Å². The van der Waals surface area contributed by atoms with Gasteiger partial charge in [0.2, 0.25) is 4.73 Å². The highest BCUT2D eigenvalue weighted by molar-refractivity contribution is 9.10. The molecule has 3 aliphatic rings. The molecule has 2 atom stereocenters. The molecule has 2 unspecified atom stereocenters. The number of hydrogen-bond acceptors (Lipinski definition) is 11. The highest BCUT2D eigenvalue weighted by Gasteiger charge is 2.28. The van der Waals surface area contributed by atoms with E-state index in [4.69, 9.17) is 16.9 Å². The van der Waals surface area contributed by atoms with E-state index in [1.54, 1.807) is 6.33 Å². The first-order valence-corrected chi connectivity index (χ1v) is 24.4.